The van der Waals surface area contributed by atoms with Crippen molar-refractivity contribution in [3.63, 3.8) is 0 Å². The molecule has 0 spiro atoms. The number of hydrogen-bond acceptors (Lipinski definition) is 4. The molecule has 0 aliphatic heterocycles. The van der Waals surface area contributed by atoms with Crippen molar-refractivity contribution in [2.75, 3.05) is 33.0 Å². The first-order valence-corrected chi connectivity index (χ1v) is 10.5. The number of benzene rings is 1. The SMILES string of the molecule is NCCOCCCCCCCCCCCCOC[C@@H](N)c1ccccc1. The second kappa shape index (κ2) is 17.5. The molecular formula is C22H40N2O2. The van der Waals surface area contributed by atoms with Crippen molar-refractivity contribution >= 4 is 0 Å². The van der Waals surface area contributed by atoms with Crippen molar-refractivity contribution in [1.82, 2.24) is 0 Å². The van der Waals surface area contributed by atoms with Gasteiger partial charge in [-0.15, -0.1) is 0 Å². The van der Waals surface area contributed by atoms with Gasteiger partial charge >= 0.3 is 0 Å². The first-order valence-electron chi connectivity index (χ1n) is 10.5. The molecule has 1 aromatic carbocycles. The van der Waals surface area contributed by atoms with Gasteiger partial charge in [0.2, 0.25) is 0 Å². The zero-order valence-corrected chi connectivity index (χ0v) is 16.5. The van der Waals surface area contributed by atoms with Crippen LogP contribution in [0.15, 0.2) is 30.3 Å². The quantitative estimate of drug-likeness (QED) is 0.374. The van der Waals surface area contributed by atoms with Gasteiger partial charge in [-0.2, -0.15) is 0 Å². The first-order chi connectivity index (χ1) is 12.8. The summed E-state index contributed by atoms with van der Waals surface area (Å²) < 4.78 is 11.1. The normalized spacial score (nSPS) is 12.4. The third kappa shape index (κ3) is 13.3. The van der Waals surface area contributed by atoms with Gasteiger partial charge in [-0.25, -0.2) is 0 Å². The Morgan fingerprint density at radius 2 is 1.15 bits per heavy atom. The summed E-state index contributed by atoms with van der Waals surface area (Å²) in [6, 6.07) is 10.2. The lowest BCUT2D eigenvalue weighted by Crippen LogP contribution is -2.17. The van der Waals surface area contributed by atoms with Crippen LogP contribution in [0.3, 0.4) is 0 Å². The molecule has 0 radical (unpaired) electrons. The Hall–Kier alpha value is -0.940. The number of unbranched alkanes of at least 4 members (excludes halogenated alkanes) is 9. The van der Waals surface area contributed by atoms with E-state index in [0.29, 0.717) is 19.8 Å². The molecule has 1 aromatic rings. The number of ether oxygens (including phenoxy) is 2. The molecule has 0 heterocycles. The lowest BCUT2D eigenvalue weighted by Gasteiger charge is -2.12. The Kier molecular flexibility index (Phi) is 15.5. The summed E-state index contributed by atoms with van der Waals surface area (Å²) in [4.78, 5) is 0. The molecule has 0 aliphatic carbocycles. The molecule has 4 heteroatoms. The largest absolute Gasteiger partial charge is 0.380 e. The van der Waals surface area contributed by atoms with Crippen LogP contribution in [0.1, 0.15) is 75.8 Å². The van der Waals surface area contributed by atoms with Gasteiger partial charge in [0.05, 0.1) is 19.3 Å². The molecule has 150 valence electrons. The zero-order chi connectivity index (χ0) is 18.7. The van der Waals surface area contributed by atoms with Crippen LogP contribution >= 0.6 is 0 Å². The van der Waals surface area contributed by atoms with Crippen LogP contribution in [0.2, 0.25) is 0 Å². The lowest BCUT2D eigenvalue weighted by atomic mass is 10.1. The maximum Gasteiger partial charge on any atom is 0.0659 e. The van der Waals surface area contributed by atoms with E-state index in [0.717, 1.165) is 25.2 Å². The fraction of sp³-hybridized carbons (Fsp3) is 0.727. The summed E-state index contributed by atoms with van der Waals surface area (Å²) >= 11 is 0. The van der Waals surface area contributed by atoms with Crippen LogP contribution < -0.4 is 11.5 Å². The summed E-state index contributed by atoms with van der Waals surface area (Å²) in [5.74, 6) is 0. The Morgan fingerprint density at radius 1 is 0.654 bits per heavy atom. The van der Waals surface area contributed by atoms with Crippen LogP contribution in [-0.2, 0) is 9.47 Å². The molecule has 0 aromatic heterocycles. The highest BCUT2D eigenvalue weighted by Crippen LogP contribution is 2.12. The van der Waals surface area contributed by atoms with Crippen LogP contribution in [0.5, 0.6) is 0 Å². The molecule has 0 saturated carbocycles. The Morgan fingerprint density at radius 3 is 1.69 bits per heavy atom. The minimum absolute atomic E-state index is 0.0107. The third-order valence-electron chi connectivity index (χ3n) is 4.61. The highest BCUT2D eigenvalue weighted by molar-refractivity contribution is 5.18. The topological polar surface area (TPSA) is 70.5 Å². The fourth-order valence-electron chi connectivity index (χ4n) is 3.01. The van der Waals surface area contributed by atoms with Crippen molar-refractivity contribution in [1.29, 1.82) is 0 Å². The van der Waals surface area contributed by atoms with E-state index in [4.69, 9.17) is 20.9 Å². The van der Waals surface area contributed by atoms with E-state index >= 15 is 0 Å². The Bertz CT molecular complexity index is 400. The van der Waals surface area contributed by atoms with Crippen molar-refractivity contribution in [3.05, 3.63) is 35.9 Å². The van der Waals surface area contributed by atoms with Crippen molar-refractivity contribution in [3.8, 4) is 0 Å². The number of rotatable bonds is 18. The second-order valence-electron chi connectivity index (χ2n) is 7.03. The molecule has 0 aliphatic rings. The third-order valence-corrected chi connectivity index (χ3v) is 4.61. The Balaban J connectivity index is 1.76. The molecule has 1 rings (SSSR count). The van der Waals surface area contributed by atoms with Gasteiger partial charge in [0.25, 0.3) is 0 Å². The molecule has 0 unspecified atom stereocenters. The predicted molar refractivity (Wildman–Crippen MR) is 110 cm³/mol. The van der Waals surface area contributed by atoms with Gasteiger partial charge in [0.15, 0.2) is 0 Å². The maximum atomic E-state index is 6.12. The van der Waals surface area contributed by atoms with E-state index in [1.165, 1.54) is 57.8 Å². The van der Waals surface area contributed by atoms with E-state index in [1.807, 2.05) is 18.2 Å². The molecular weight excluding hydrogens is 324 g/mol. The summed E-state index contributed by atoms with van der Waals surface area (Å²) in [5.41, 5.74) is 12.6. The zero-order valence-electron chi connectivity index (χ0n) is 16.5. The van der Waals surface area contributed by atoms with Crippen LogP contribution in [0, 0.1) is 0 Å². The molecule has 0 saturated heterocycles. The Labute approximate surface area is 160 Å². The first kappa shape index (κ1) is 23.1. The summed E-state index contributed by atoms with van der Waals surface area (Å²) in [5, 5.41) is 0. The minimum Gasteiger partial charge on any atom is -0.380 e. The van der Waals surface area contributed by atoms with Gasteiger partial charge in [-0.05, 0) is 18.4 Å². The monoisotopic (exact) mass is 364 g/mol. The van der Waals surface area contributed by atoms with Crippen LogP contribution in [0.25, 0.3) is 0 Å². The molecule has 0 amide bonds. The van der Waals surface area contributed by atoms with E-state index in [1.54, 1.807) is 0 Å². The minimum atomic E-state index is -0.0107. The van der Waals surface area contributed by atoms with Crippen LogP contribution in [0.4, 0.5) is 0 Å². The van der Waals surface area contributed by atoms with E-state index in [2.05, 4.69) is 12.1 Å². The highest BCUT2D eigenvalue weighted by Gasteiger charge is 2.04. The van der Waals surface area contributed by atoms with Crippen molar-refractivity contribution in [2.24, 2.45) is 11.5 Å². The molecule has 1 atom stereocenters. The van der Waals surface area contributed by atoms with E-state index in [9.17, 15) is 0 Å². The van der Waals surface area contributed by atoms with Gasteiger partial charge < -0.3 is 20.9 Å². The maximum absolute atomic E-state index is 6.12. The number of hydrogen-bond donors (Lipinski definition) is 2. The average molecular weight is 365 g/mol. The summed E-state index contributed by atoms with van der Waals surface area (Å²) in [6.07, 6.45) is 13.0. The van der Waals surface area contributed by atoms with Gasteiger partial charge in [0.1, 0.15) is 0 Å². The smallest absolute Gasteiger partial charge is 0.0659 e. The molecule has 4 N–H and O–H groups in total. The fourth-order valence-corrected chi connectivity index (χ4v) is 3.01. The summed E-state index contributed by atoms with van der Waals surface area (Å²) in [7, 11) is 0. The standard InChI is InChI=1S/C22H40N2O2/c23-16-19-25-17-12-7-5-3-1-2-4-6-8-13-18-26-20-22(24)21-14-10-9-11-15-21/h9-11,14-15,22H,1-8,12-13,16-20,23-24H2/t22-/m1/s1. The second-order valence-corrected chi connectivity index (χ2v) is 7.03. The average Bonchev–Trinajstić information content (AvgIpc) is 2.68. The molecule has 26 heavy (non-hydrogen) atoms. The van der Waals surface area contributed by atoms with E-state index < -0.39 is 0 Å². The van der Waals surface area contributed by atoms with Gasteiger partial charge in [-0.1, -0.05) is 81.7 Å². The summed E-state index contributed by atoms with van der Waals surface area (Å²) in [6.45, 7) is 3.64. The molecule has 0 bridgehead atoms. The van der Waals surface area contributed by atoms with Gasteiger partial charge in [0, 0.05) is 19.8 Å². The van der Waals surface area contributed by atoms with Gasteiger partial charge in [-0.3, -0.25) is 0 Å². The number of nitrogens with two attached hydrogens (primary N) is 2. The van der Waals surface area contributed by atoms with Crippen molar-refractivity contribution < 1.29 is 9.47 Å². The predicted octanol–water partition coefficient (Wildman–Crippen LogP) is 4.58. The van der Waals surface area contributed by atoms with E-state index in [-0.39, 0.29) is 6.04 Å². The van der Waals surface area contributed by atoms with Crippen LogP contribution in [-0.4, -0.2) is 33.0 Å². The molecule has 4 nitrogen and oxygen atoms in total. The van der Waals surface area contributed by atoms with Crippen molar-refractivity contribution in [2.45, 2.75) is 70.3 Å². The molecule has 0 fully saturated rings. The highest BCUT2D eigenvalue weighted by atomic mass is 16.5. The lowest BCUT2D eigenvalue weighted by molar-refractivity contribution is 0.117.